The number of carboxylic acid groups (broad SMARTS) is 1. The molecule has 0 saturated heterocycles. The first-order valence-corrected chi connectivity index (χ1v) is 15.6. The van der Waals surface area contributed by atoms with Crippen LogP contribution in [0.15, 0.2) is 18.2 Å². The zero-order valence-corrected chi connectivity index (χ0v) is 22.9. The van der Waals surface area contributed by atoms with Gasteiger partial charge < -0.3 is 19.5 Å². The van der Waals surface area contributed by atoms with Crippen molar-refractivity contribution in [3.8, 4) is 0 Å². The molecule has 0 aliphatic carbocycles. The van der Waals surface area contributed by atoms with Gasteiger partial charge in [-0.2, -0.15) is 0 Å². The summed E-state index contributed by atoms with van der Waals surface area (Å²) in [4.78, 5) is 64.8. The molecule has 0 radical (unpaired) electrons. The predicted molar refractivity (Wildman–Crippen MR) is 136 cm³/mol. The number of hydrogen-bond acceptors (Lipinski definition) is 7. The highest BCUT2D eigenvalue weighted by Crippen LogP contribution is 2.28. The minimum absolute atomic E-state index is 0.0993. The Bertz CT molecular complexity index is 1030. The van der Waals surface area contributed by atoms with Crippen LogP contribution in [0.3, 0.4) is 0 Å². The van der Waals surface area contributed by atoms with Crippen LogP contribution in [0.25, 0.3) is 0 Å². The Hall–Kier alpha value is -3.21. The number of carboxylic acids is 1. The number of rotatable bonds is 10. The van der Waals surface area contributed by atoms with E-state index in [-0.39, 0.29) is 30.7 Å². The van der Waals surface area contributed by atoms with Crippen molar-refractivity contribution >= 4 is 43.5 Å². The Morgan fingerprint density at radius 3 is 2.31 bits per heavy atom. The summed E-state index contributed by atoms with van der Waals surface area (Å²) >= 11 is 0. The van der Waals surface area contributed by atoms with Gasteiger partial charge in [-0.15, -0.1) is 0 Å². The third kappa shape index (κ3) is 9.10. The molecule has 0 unspecified atom stereocenters. The van der Waals surface area contributed by atoms with E-state index in [4.69, 9.17) is 14.6 Å². The summed E-state index contributed by atoms with van der Waals surface area (Å²) in [5, 5.41) is 9.01. The average Bonchev–Trinajstić information content (AvgIpc) is 2.80. The quantitative estimate of drug-likeness (QED) is 0.368. The number of fused-ring (bicyclic) bond motifs is 1. The first-order valence-electron chi connectivity index (χ1n) is 11.9. The molecule has 0 bridgehead atoms. The second-order valence-corrected chi connectivity index (χ2v) is 16.6. The van der Waals surface area contributed by atoms with Crippen molar-refractivity contribution in [1.82, 2.24) is 4.90 Å². The van der Waals surface area contributed by atoms with Gasteiger partial charge in [-0.25, -0.2) is 0 Å². The van der Waals surface area contributed by atoms with Gasteiger partial charge in [0.2, 0.25) is 5.91 Å². The lowest BCUT2D eigenvalue weighted by Crippen LogP contribution is -2.44. The first-order chi connectivity index (χ1) is 16.6. The van der Waals surface area contributed by atoms with Crippen LogP contribution in [0.5, 0.6) is 0 Å². The third-order valence-corrected chi connectivity index (χ3v) is 6.97. The van der Waals surface area contributed by atoms with E-state index in [1.807, 2.05) is 0 Å². The Labute approximate surface area is 212 Å². The van der Waals surface area contributed by atoms with Gasteiger partial charge >= 0.3 is 17.9 Å². The van der Waals surface area contributed by atoms with Crippen LogP contribution in [-0.2, 0) is 35.1 Å². The second kappa shape index (κ2) is 11.7. The van der Waals surface area contributed by atoms with E-state index in [0.29, 0.717) is 5.56 Å². The highest BCUT2D eigenvalue weighted by Gasteiger charge is 2.35. The van der Waals surface area contributed by atoms with Gasteiger partial charge in [-0.1, -0.05) is 25.7 Å². The normalized spacial score (nSPS) is 14.3. The number of carbonyl (C=O) groups is 5. The summed E-state index contributed by atoms with van der Waals surface area (Å²) in [6.07, 6.45) is 0.0370. The molecule has 0 fully saturated rings. The fourth-order valence-corrected chi connectivity index (χ4v) is 4.21. The standard InChI is InChI=1S/C25H36N2O8Si/c1-25(2,3)35-23(32)16-27-19-9-7-17(8-10-21(29)30)13-18(19)24(33)26(14-20(27)28)15-22(31)34-11-12-36(4,5)6/h7,9,13H,8,10-12,14-16H2,1-6H3,(H,29,30). The van der Waals surface area contributed by atoms with E-state index < -0.39 is 63.0 Å². The second-order valence-electron chi connectivity index (χ2n) is 11.0. The van der Waals surface area contributed by atoms with E-state index in [1.54, 1.807) is 26.8 Å². The topological polar surface area (TPSA) is 131 Å². The first kappa shape index (κ1) is 29.0. The van der Waals surface area contributed by atoms with Crippen LogP contribution in [0.1, 0.15) is 43.1 Å². The monoisotopic (exact) mass is 520 g/mol. The number of esters is 2. The molecule has 0 saturated carbocycles. The number of nitrogens with zero attached hydrogens (tertiary/aromatic N) is 2. The maximum Gasteiger partial charge on any atom is 0.326 e. The minimum atomic E-state index is -1.42. The van der Waals surface area contributed by atoms with Crippen LogP contribution >= 0.6 is 0 Å². The highest BCUT2D eigenvalue weighted by atomic mass is 28.3. The molecule has 198 valence electrons. The molecular formula is C25H36N2O8Si. The fourth-order valence-electron chi connectivity index (χ4n) is 3.50. The van der Waals surface area contributed by atoms with Crippen LogP contribution < -0.4 is 4.90 Å². The SMILES string of the molecule is CC(C)(C)OC(=O)CN1C(=O)CN(CC(=O)OCC[Si](C)(C)C)C(=O)c2cc(CCC(=O)O)ccc21. The van der Waals surface area contributed by atoms with E-state index in [2.05, 4.69) is 19.6 Å². The van der Waals surface area contributed by atoms with Crippen LogP contribution in [0.2, 0.25) is 25.7 Å². The molecule has 36 heavy (non-hydrogen) atoms. The number of aryl methyl sites for hydroxylation is 1. The fraction of sp³-hybridized carbons (Fsp3) is 0.560. The molecule has 1 aliphatic rings. The van der Waals surface area contributed by atoms with E-state index >= 15 is 0 Å². The maximum absolute atomic E-state index is 13.4. The van der Waals surface area contributed by atoms with Crippen molar-refractivity contribution in [3.05, 3.63) is 29.3 Å². The molecule has 0 aromatic heterocycles. The van der Waals surface area contributed by atoms with E-state index in [1.165, 1.54) is 17.0 Å². The lowest BCUT2D eigenvalue weighted by molar-refractivity contribution is -0.153. The highest BCUT2D eigenvalue weighted by molar-refractivity contribution is 6.76. The van der Waals surface area contributed by atoms with Gasteiger partial charge in [0.25, 0.3) is 5.91 Å². The molecule has 1 heterocycles. The summed E-state index contributed by atoms with van der Waals surface area (Å²) < 4.78 is 10.7. The number of aliphatic carboxylic acids is 1. The Balaban J connectivity index is 2.33. The van der Waals surface area contributed by atoms with Crippen molar-refractivity contribution in [1.29, 1.82) is 0 Å². The van der Waals surface area contributed by atoms with Gasteiger partial charge in [0, 0.05) is 14.5 Å². The number of benzene rings is 1. The van der Waals surface area contributed by atoms with Crippen LogP contribution in [0.4, 0.5) is 5.69 Å². The number of amides is 2. The Kier molecular flexibility index (Phi) is 9.42. The van der Waals surface area contributed by atoms with Crippen LogP contribution in [-0.4, -0.2) is 79.6 Å². The molecule has 1 aromatic carbocycles. The van der Waals surface area contributed by atoms with Gasteiger partial charge in [-0.05, 0) is 50.9 Å². The van der Waals surface area contributed by atoms with Gasteiger partial charge in [0.05, 0.1) is 17.9 Å². The molecule has 2 amide bonds. The largest absolute Gasteiger partial charge is 0.481 e. The molecule has 0 spiro atoms. The Morgan fingerprint density at radius 1 is 1.06 bits per heavy atom. The summed E-state index contributed by atoms with van der Waals surface area (Å²) in [7, 11) is -1.42. The molecule has 0 atom stereocenters. The lowest BCUT2D eigenvalue weighted by Gasteiger charge is -2.25. The Morgan fingerprint density at radius 2 is 1.72 bits per heavy atom. The number of ether oxygens (including phenoxy) is 2. The van der Waals surface area contributed by atoms with E-state index in [0.717, 1.165) is 10.9 Å². The smallest absolute Gasteiger partial charge is 0.326 e. The van der Waals surface area contributed by atoms with E-state index in [9.17, 15) is 24.0 Å². The maximum atomic E-state index is 13.4. The summed E-state index contributed by atoms with van der Waals surface area (Å²) in [6.45, 7) is 10.5. The van der Waals surface area contributed by atoms with Crippen molar-refractivity contribution < 1.29 is 38.6 Å². The molecule has 2 rings (SSSR count). The zero-order valence-electron chi connectivity index (χ0n) is 21.9. The summed E-state index contributed by atoms with van der Waals surface area (Å²) in [5.74, 6) is -3.40. The van der Waals surface area contributed by atoms with Crippen molar-refractivity contribution in [2.24, 2.45) is 0 Å². The van der Waals surface area contributed by atoms with Crippen LogP contribution in [0, 0.1) is 0 Å². The molecule has 1 N–H and O–H groups in total. The van der Waals surface area contributed by atoms with Crippen molar-refractivity contribution in [3.63, 3.8) is 0 Å². The van der Waals surface area contributed by atoms with Crippen molar-refractivity contribution in [2.45, 2.75) is 64.9 Å². The molecule has 10 nitrogen and oxygen atoms in total. The number of hydrogen-bond donors (Lipinski definition) is 1. The molecule has 1 aromatic rings. The van der Waals surface area contributed by atoms with Gasteiger partial charge in [-0.3, -0.25) is 28.9 Å². The van der Waals surface area contributed by atoms with Gasteiger partial charge in [0.1, 0.15) is 25.2 Å². The van der Waals surface area contributed by atoms with Gasteiger partial charge in [0.15, 0.2) is 0 Å². The zero-order chi connectivity index (χ0) is 27.3. The summed E-state index contributed by atoms with van der Waals surface area (Å²) in [5.41, 5.74) is 0.109. The predicted octanol–water partition coefficient (Wildman–Crippen LogP) is 2.72. The number of carbonyl (C=O) groups excluding carboxylic acids is 4. The average molecular weight is 521 g/mol. The molecule has 11 heteroatoms. The van der Waals surface area contributed by atoms with Crippen molar-refractivity contribution in [2.75, 3.05) is 31.1 Å². The molecule has 1 aliphatic heterocycles. The minimum Gasteiger partial charge on any atom is -0.481 e. The lowest BCUT2D eigenvalue weighted by atomic mass is 10.0. The third-order valence-electron chi connectivity index (χ3n) is 5.27. The summed E-state index contributed by atoms with van der Waals surface area (Å²) in [6, 6.07) is 5.41. The molecular weight excluding hydrogens is 484 g/mol. The number of anilines is 1.